The standard InChI is InChI=1S/C17H22N4O2/c1-5-14-10-15(21(3)11-12(2)17(22)23-4)20-16(19-14)13-6-8-18-9-7-13/h6-10,12H,5,11H2,1-4H3/t12-/m0/s1. The Morgan fingerprint density at radius 1 is 1.30 bits per heavy atom. The number of aryl methyl sites for hydroxylation is 1. The molecule has 2 aromatic heterocycles. The lowest BCUT2D eigenvalue weighted by atomic mass is 10.1. The van der Waals surface area contributed by atoms with Crippen molar-refractivity contribution >= 4 is 11.8 Å². The zero-order chi connectivity index (χ0) is 16.8. The van der Waals surface area contributed by atoms with Crippen molar-refractivity contribution in [3.8, 4) is 11.4 Å². The fraction of sp³-hybridized carbons (Fsp3) is 0.412. The second kappa shape index (κ2) is 7.67. The summed E-state index contributed by atoms with van der Waals surface area (Å²) in [6.07, 6.45) is 4.26. The lowest BCUT2D eigenvalue weighted by molar-refractivity contribution is -0.144. The van der Waals surface area contributed by atoms with Crippen LogP contribution in [-0.4, -0.2) is 41.6 Å². The quantitative estimate of drug-likeness (QED) is 0.762. The number of aromatic nitrogens is 3. The van der Waals surface area contributed by atoms with Crippen molar-refractivity contribution in [2.45, 2.75) is 20.3 Å². The minimum absolute atomic E-state index is 0.226. The zero-order valence-corrected chi connectivity index (χ0v) is 14.0. The highest BCUT2D eigenvalue weighted by Crippen LogP contribution is 2.20. The summed E-state index contributed by atoms with van der Waals surface area (Å²) in [6, 6.07) is 5.72. The Morgan fingerprint density at radius 3 is 2.61 bits per heavy atom. The Labute approximate surface area is 136 Å². The first-order valence-electron chi connectivity index (χ1n) is 7.62. The number of pyridine rings is 1. The van der Waals surface area contributed by atoms with Crippen LogP contribution in [0.4, 0.5) is 5.82 Å². The maximum Gasteiger partial charge on any atom is 0.310 e. The van der Waals surface area contributed by atoms with Crippen LogP contribution in [0.3, 0.4) is 0 Å². The zero-order valence-electron chi connectivity index (χ0n) is 14.0. The van der Waals surface area contributed by atoms with Gasteiger partial charge >= 0.3 is 5.97 Å². The van der Waals surface area contributed by atoms with Gasteiger partial charge in [0.15, 0.2) is 5.82 Å². The molecule has 0 aromatic carbocycles. The van der Waals surface area contributed by atoms with Crippen molar-refractivity contribution in [3.05, 3.63) is 36.3 Å². The minimum Gasteiger partial charge on any atom is -0.469 e. The van der Waals surface area contributed by atoms with E-state index in [1.165, 1.54) is 7.11 Å². The largest absolute Gasteiger partial charge is 0.469 e. The van der Waals surface area contributed by atoms with Gasteiger partial charge in [-0.3, -0.25) is 9.78 Å². The average Bonchev–Trinajstić information content (AvgIpc) is 2.61. The fourth-order valence-corrected chi connectivity index (χ4v) is 2.27. The summed E-state index contributed by atoms with van der Waals surface area (Å²) in [4.78, 5) is 26.8. The van der Waals surface area contributed by atoms with Gasteiger partial charge in [-0.2, -0.15) is 0 Å². The number of esters is 1. The first-order valence-corrected chi connectivity index (χ1v) is 7.62. The van der Waals surface area contributed by atoms with Crippen LogP contribution >= 0.6 is 0 Å². The van der Waals surface area contributed by atoms with Crippen molar-refractivity contribution in [2.75, 3.05) is 25.6 Å². The van der Waals surface area contributed by atoms with E-state index in [9.17, 15) is 4.79 Å². The molecule has 23 heavy (non-hydrogen) atoms. The van der Waals surface area contributed by atoms with Gasteiger partial charge in [0.25, 0.3) is 0 Å². The monoisotopic (exact) mass is 314 g/mol. The van der Waals surface area contributed by atoms with Crippen LogP contribution in [0.5, 0.6) is 0 Å². The summed E-state index contributed by atoms with van der Waals surface area (Å²) in [7, 11) is 3.32. The number of carbonyl (C=O) groups excluding carboxylic acids is 1. The molecule has 0 N–H and O–H groups in total. The molecule has 0 saturated carbocycles. The van der Waals surface area contributed by atoms with Crippen LogP contribution in [0, 0.1) is 5.92 Å². The normalized spacial score (nSPS) is 11.8. The number of anilines is 1. The predicted molar refractivity (Wildman–Crippen MR) is 89.1 cm³/mol. The van der Waals surface area contributed by atoms with Crippen molar-refractivity contribution in [2.24, 2.45) is 5.92 Å². The maximum atomic E-state index is 11.6. The summed E-state index contributed by atoms with van der Waals surface area (Å²) in [6.45, 7) is 4.43. The Hall–Kier alpha value is -2.50. The van der Waals surface area contributed by atoms with Gasteiger partial charge in [-0.1, -0.05) is 13.8 Å². The molecule has 6 nitrogen and oxygen atoms in total. The Kier molecular flexibility index (Phi) is 5.62. The summed E-state index contributed by atoms with van der Waals surface area (Å²) >= 11 is 0. The van der Waals surface area contributed by atoms with Crippen LogP contribution in [0.15, 0.2) is 30.6 Å². The molecule has 0 aliphatic carbocycles. The van der Waals surface area contributed by atoms with Gasteiger partial charge in [-0.15, -0.1) is 0 Å². The van der Waals surface area contributed by atoms with Gasteiger partial charge < -0.3 is 9.64 Å². The van der Waals surface area contributed by atoms with Crippen LogP contribution in [0.1, 0.15) is 19.5 Å². The van der Waals surface area contributed by atoms with E-state index < -0.39 is 0 Å². The number of hydrogen-bond acceptors (Lipinski definition) is 6. The third-order valence-electron chi connectivity index (χ3n) is 3.61. The van der Waals surface area contributed by atoms with Crippen LogP contribution in [0.25, 0.3) is 11.4 Å². The van der Waals surface area contributed by atoms with E-state index >= 15 is 0 Å². The summed E-state index contributed by atoms with van der Waals surface area (Å²) in [5.74, 6) is 1.00. The number of carbonyl (C=O) groups is 1. The van der Waals surface area contributed by atoms with Gasteiger partial charge in [-0.05, 0) is 18.6 Å². The van der Waals surface area contributed by atoms with Crippen molar-refractivity contribution in [1.82, 2.24) is 15.0 Å². The topological polar surface area (TPSA) is 68.2 Å². The molecule has 0 radical (unpaired) electrons. The Bertz CT molecular complexity index is 661. The molecular formula is C17H22N4O2. The van der Waals surface area contributed by atoms with Gasteiger partial charge in [0.1, 0.15) is 5.82 Å². The molecule has 0 fully saturated rings. The molecule has 122 valence electrons. The maximum absolute atomic E-state index is 11.6. The highest BCUT2D eigenvalue weighted by atomic mass is 16.5. The lowest BCUT2D eigenvalue weighted by Crippen LogP contribution is -2.30. The second-order valence-electron chi connectivity index (χ2n) is 5.44. The molecule has 2 aromatic rings. The molecule has 0 spiro atoms. The van der Waals surface area contributed by atoms with Crippen LogP contribution in [0.2, 0.25) is 0 Å². The Morgan fingerprint density at radius 2 is 2.00 bits per heavy atom. The van der Waals surface area contributed by atoms with E-state index in [0.29, 0.717) is 12.4 Å². The molecule has 0 saturated heterocycles. The van der Waals surface area contributed by atoms with Crippen molar-refractivity contribution in [1.29, 1.82) is 0 Å². The van der Waals surface area contributed by atoms with Crippen molar-refractivity contribution in [3.63, 3.8) is 0 Å². The summed E-state index contributed by atoms with van der Waals surface area (Å²) in [5.41, 5.74) is 1.88. The van der Waals surface area contributed by atoms with Crippen molar-refractivity contribution < 1.29 is 9.53 Å². The van der Waals surface area contributed by atoms with Crippen LogP contribution in [-0.2, 0) is 16.0 Å². The molecule has 6 heteroatoms. The van der Waals surface area contributed by atoms with E-state index in [4.69, 9.17) is 4.74 Å². The first-order chi connectivity index (χ1) is 11.0. The van der Waals surface area contributed by atoms with Gasteiger partial charge in [0, 0.05) is 43.3 Å². The van der Waals surface area contributed by atoms with Gasteiger partial charge in [0.05, 0.1) is 13.0 Å². The molecule has 0 amide bonds. The molecule has 0 aliphatic heterocycles. The molecule has 2 rings (SSSR count). The highest BCUT2D eigenvalue weighted by molar-refractivity contribution is 5.72. The molecular weight excluding hydrogens is 292 g/mol. The summed E-state index contributed by atoms with van der Waals surface area (Å²) < 4.78 is 4.78. The van der Waals surface area contributed by atoms with E-state index in [2.05, 4.69) is 21.9 Å². The fourth-order valence-electron chi connectivity index (χ4n) is 2.27. The van der Waals surface area contributed by atoms with E-state index in [-0.39, 0.29) is 11.9 Å². The number of nitrogens with zero attached hydrogens (tertiary/aromatic N) is 4. The van der Waals surface area contributed by atoms with E-state index in [1.54, 1.807) is 12.4 Å². The highest BCUT2D eigenvalue weighted by Gasteiger charge is 2.17. The number of hydrogen-bond donors (Lipinski definition) is 0. The third-order valence-corrected chi connectivity index (χ3v) is 3.61. The summed E-state index contributed by atoms with van der Waals surface area (Å²) in [5, 5.41) is 0. The van der Waals surface area contributed by atoms with E-state index in [0.717, 1.165) is 23.5 Å². The predicted octanol–water partition coefficient (Wildman–Crippen LogP) is 2.35. The van der Waals surface area contributed by atoms with Gasteiger partial charge in [-0.25, -0.2) is 9.97 Å². The Balaban J connectivity index is 2.29. The molecule has 0 bridgehead atoms. The number of methoxy groups -OCH3 is 1. The molecule has 1 atom stereocenters. The third kappa shape index (κ3) is 4.25. The second-order valence-corrected chi connectivity index (χ2v) is 5.44. The molecule has 2 heterocycles. The first kappa shape index (κ1) is 16.9. The molecule has 0 aliphatic rings. The van der Waals surface area contributed by atoms with Gasteiger partial charge in [0.2, 0.25) is 0 Å². The smallest absolute Gasteiger partial charge is 0.310 e. The lowest BCUT2D eigenvalue weighted by Gasteiger charge is -2.22. The van der Waals surface area contributed by atoms with Crippen LogP contribution < -0.4 is 4.90 Å². The van der Waals surface area contributed by atoms with E-state index in [1.807, 2.05) is 37.1 Å². The average molecular weight is 314 g/mol. The SMILES string of the molecule is CCc1cc(N(C)C[C@H](C)C(=O)OC)nc(-c2ccncc2)n1. The number of rotatable bonds is 6. The molecule has 0 unspecified atom stereocenters. The minimum atomic E-state index is -0.227. The number of ether oxygens (including phenoxy) is 1.